The minimum absolute atomic E-state index is 0.335. The van der Waals surface area contributed by atoms with Crippen LogP contribution >= 0.6 is 0 Å². The van der Waals surface area contributed by atoms with Crippen LogP contribution in [0.4, 0.5) is 0 Å². The normalized spacial score (nSPS) is 12.5. The lowest BCUT2D eigenvalue weighted by molar-refractivity contribution is -0.155. The minimum Gasteiger partial charge on any atom is -0.464 e. The summed E-state index contributed by atoms with van der Waals surface area (Å²) in [6.07, 6.45) is 5.35. The molecule has 0 saturated heterocycles. The Kier molecular flexibility index (Phi) is 9.52. The van der Waals surface area contributed by atoms with Crippen LogP contribution in [-0.2, 0) is 9.53 Å². The zero-order chi connectivity index (χ0) is 11.5. The van der Waals surface area contributed by atoms with Crippen LogP contribution in [0.3, 0.4) is 0 Å². The van der Waals surface area contributed by atoms with E-state index in [2.05, 4.69) is 6.92 Å². The highest BCUT2D eigenvalue weighted by Gasteiger charge is 2.14. The zero-order valence-electron chi connectivity index (χ0n) is 9.45. The van der Waals surface area contributed by atoms with Crippen molar-refractivity contribution < 1.29 is 19.7 Å². The summed E-state index contributed by atoms with van der Waals surface area (Å²) in [6.45, 7) is 1.93. The molecule has 0 aromatic heterocycles. The molecule has 0 heterocycles. The van der Waals surface area contributed by atoms with E-state index in [0.717, 1.165) is 19.3 Å². The molecule has 0 aromatic rings. The number of ether oxygens (including phenoxy) is 1. The molecule has 0 aliphatic carbocycles. The molecule has 0 aliphatic heterocycles. The first-order chi connectivity index (χ1) is 7.22. The SMILES string of the molecule is CCCCCCCCOC(=O)[C@@H](O)CO. The first kappa shape index (κ1) is 14.4. The van der Waals surface area contributed by atoms with Crippen molar-refractivity contribution in [3.63, 3.8) is 0 Å². The molecule has 4 nitrogen and oxygen atoms in total. The summed E-state index contributed by atoms with van der Waals surface area (Å²) in [7, 11) is 0. The van der Waals surface area contributed by atoms with Crippen molar-refractivity contribution in [2.24, 2.45) is 0 Å². The minimum atomic E-state index is -1.38. The summed E-state index contributed by atoms with van der Waals surface area (Å²) in [5, 5.41) is 17.3. The Morgan fingerprint density at radius 2 is 1.80 bits per heavy atom. The summed E-state index contributed by atoms with van der Waals surface area (Å²) < 4.78 is 4.75. The largest absolute Gasteiger partial charge is 0.464 e. The summed E-state index contributed by atoms with van der Waals surface area (Å²) in [5.74, 6) is -0.731. The standard InChI is InChI=1S/C11H22O4/c1-2-3-4-5-6-7-8-15-11(14)10(13)9-12/h10,12-13H,2-9H2,1H3/t10-/m0/s1. The molecule has 0 fully saturated rings. The van der Waals surface area contributed by atoms with Crippen molar-refractivity contribution >= 4 is 5.97 Å². The molecule has 0 spiro atoms. The van der Waals surface area contributed by atoms with Gasteiger partial charge in [-0.2, -0.15) is 0 Å². The van der Waals surface area contributed by atoms with Crippen LogP contribution in [-0.4, -0.2) is 35.5 Å². The van der Waals surface area contributed by atoms with E-state index in [9.17, 15) is 4.79 Å². The number of unbranched alkanes of at least 4 members (excludes halogenated alkanes) is 5. The molecular weight excluding hydrogens is 196 g/mol. The van der Waals surface area contributed by atoms with Gasteiger partial charge in [-0.3, -0.25) is 0 Å². The van der Waals surface area contributed by atoms with Gasteiger partial charge in [-0.25, -0.2) is 4.79 Å². The molecule has 0 aliphatic rings. The van der Waals surface area contributed by atoms with Crippen molar-refractivity contribution in [3.05, 3.63) is 0 Å². The van der Waals surface area contributed by atoms with Crippen LogP contribution in [0.25, 0.3) is 0 Å². The maximum absolute atomic E-state index is 10.9. The van der Waals surface area contributed by atoms with Gasteiger partial charge in [-0.15, -0.1) is 0 Å². The lowest BCUT2D eigenvalue weighted by Crippen LogP contribution is -2.26. The van der Waals surface area contributed by atoms with Crippen LogP contribution in [0.5, 0.6) is 0 Å². The maximum atomic E-state index is 10.9. The summed E-state index contributed by atoms with van der Waals surface area (Å²) >= 11 is 0. The highest BCUT2D eigenvalue weighted by molar-refractivity contribution is 5.74. The van der Waals surface area contributed by atoms with Gasteiger partial charge in [-0.05, 0) is 6.42 Å². The Hall–Kier alpha value is -0.610. The fourth-order valence-electron chi connectivity index (χ4n) is 1.23. The van der Waals surface area contributed by atoms with E-state index in [4.69, 9.17) is 14.9 Å². The van der Waals surface area contributed by atoms with Crippen LogP contribution in [0.15, 0.2) is 0 Å². The van der Waals surface area contributed by atoms with E-state index in [1.807, 2.05) is 0 Å². The molecule has 90 valence electrons. The Labute approximate surface area is 91.3 Å². The third-order valence-electron chi connectivity index (χ3n) is 2.19. The van der Waals surface area contributed by atoms with E-state index < -0.39 is 18.7 Å². The van der Waals surface area contributed by atoms with Crippen LogP contribution in [0.2, 0.25) is 0 Å². The average molecular weight is 218 g/mol. The maximum Gasteiger partial charge on any atom is 0.337 e. The number of hydrogen-bond acceptors (Lipinski definition) is 4. The number of esters is 1. The van der Waals surface area contributed by atoms with Gasteiger partial charge in [0.25, 0.3) is 0 Å². The number of rotatable bonds is 9. The van der Waals surface area contributed by atoms with Crippen LogP contribution < -0.4 is 0 Å². The first-order valence-corrected chi connectivity index (χ1v) is 5.68. The first-order valence-electron chi connectivity index (χ1n) is 5.68. The zero-order valence-corrected chi connectivity index (χ0v) is 9.45. The van der Waals surface area contributed by atoms with Gasteiger partial charge in [0, 0.05) is 0 Å². The second-order valence-electron chi connectivity index (χ2n) is 3.63. The van der Waals surface area contributed by atoms with Crippen molar-refractivity contribution in [1.29, 1.82) is 0 Å². The molecule has 0 unspecified atom stereocenters. The molecular formula is C11H22O4. The van der Waals surface area contributed by atoms with Gasteiger partial charge in [0.15, 0.2) is 6.10 Å². The molecule has 15 heavy (non-hydrogen) atoms. The van der Waals surface area contributed by atoms with Gasteiger partial charge in [0.05, 0.1) is 13.2 Å². The summed E-state index contributed by atoms with van der Waals surface area (Å²) in [5.41, 5.74) is 0. The third-order valence-corrected chi connectivity index (χ3v) is 2.19. The lowest BCUT2D eigenvalue weighted by atomic mass is 10.1. The number of carbonyl (C=O) groups is 1. The van der Waals surface area contributed by atoms with Gasteiger partial charge in [0.1, 0.15) is 0 Å². The van der Waals surface area contributed by atoms with Crippen LogP contribution in [0.1, 0.15) is 45.4 Å². The van der Waals surface area contributed by atoms with Crippen molar-refractivity contribution in [3.8, 4) is 0 Å². The molecule has 0 radical (unpaired) electrons. The average Bonchev–Trinajstić information content (AvgIpc) is 2.26. The Balaban J connectivity index is 3.20. The molecule has 0 bridgehead atoms. The number of aliphatic hydroxyl groups is 2. The highest BCUT2D eigenvalue weighted by atomic mass is 16.5. The summed E-state index contributed by atoms with van der Waals surface area (Å²) in [4.78, 5) is 10.9. The quantitative estimate of drug-likeness (QED) is 0.451. The van der Waals surface area contributed by atoms with Crippen molar-refractivity contribution in [2.75, 3.05) is 13.2 Å². The van der Waals surface area contributed by atoms with E-state index in [-0.39, 0.29) is 0 Å². The molecule has 2 N–H and O–H groups in total. The topological polar surface area (TPSA) is 66.8 Å². The Morgan fingerprint density at radius 3 is 2.40 bits per heavy atom. The van der Waals surface area contributed by atoms with Crippen molar-refractivity contribution in [1.82, 2.24) is 0 Å². The summed E-state index contributed by atoms with van der Waals surface area (Å²) in [6, 6.07) is 0. The van der Waals surface area contributed by atoms with Gasteiger partial charge in [0.2, 0.25) is 0 Å². The highest BCUT2D eigenvalue weighted by Crippen LogP contribution is 2.05. The monoisotopic (exact) mass is 218 g/mol. The molecule has 0 rings (SSSR count). The second-order valence-corrected chi connectivity index (χ2v) is 3.63. The number of hydrogen-bond donors (Lipinski definition) is 2. The van der Waals surface area contributed by atoms with Gasteiger partial charge >= 0.3 is 5.97 Å². The van der Waals surface area contributed by atoms with Crippen LogP contribution in [0, 0.1) is 0 Å². The Bertz CT molecular complexity index is 159. The van der Waals surface area contributed by atoms with Crippen molar-refractivity contribution in [2.45, 2.75) is 51.6 Å². The van der Waals surface area contributed by atoms with Gasteiger partial charge < -0.3 is 14.9 Å². The Morgan fingerprint density at radius 1 is 1.20 bits per heavy atom. The van der Waals surface area contributed by atoms with E-state index in [0.29, 0.717) is 6.61 Å². The lowest BCUT2D eigenvalue weighted by Gasteiger charge is -2.07. The van der Waals surface area contributed by atoms with E-state index >= 15 is 0 Å². The fourth-order valence-corrected chi connectivity index (χ4v) is 1.23. The predicted molar refractivity (Wildman–Crippen MR) is 57.4 cm³/mol. The molecule has 4 heteroatoms. The second kappa shape index (κ2) is 9.93. The molecule has 1 atom stereocenters. The van der Waals surface area contributed by atoms with E-state index in [1.54, 1.807) is 0 Å². The number of aliphatic hydroxyl groups excluding tert-OH is 2. The molecule has 0 saturated carbocycles. The smallest absolute Gasteiger partial charge is 0.337 e. The fraction of sp³-hybridized carbons (Fsp3) is 0.909. The molecule has 0 amide bonds. The van der Waals surface area contributed by atoms with E-state index in [1.165, 1.54) is 19.3 Å². The number of carbonyl (C=O) groups excluding carboxylic acids is 1. The molecule has 0 aromatic carbocycles. The predicted octanol–water partition coefficient (Wildman–Crippen LogP) is 1.24. The van der Waals surface area contributed by atoms with Gasteiger partial charge in [-0.1, -0.05) is 39.0 Å². The third kappa shape index (κ3) is 8.39.